The first-order valence-corrected chi connectivity index (χ1v) is 14.2. The predicted molar refractivity (Wildman–Crippen MR) is 146 cm³/mol. The van der Waals surface area contributed by atoms with Gasteiger partial charge in [0.05, 0.1) is 25.4 Å². The van der Waals surface area contributed by atoms with Crippen molar-refractivity contribution in [2.24, 2.45) is 11.8 Å². The van der Waals surface area contributed by atoms with Gasteiger partial charge in [-0.25, -0.2) is 4.79 Å². The zero-order chi connectivity index (χ0) is 34.0. The Hall–Kier alpha value is -4.22. The van der Waals surface area contributed by atoms with E-state index in [9.17, 15) is 42.3 Å². The average Bonchev–Trinajstić information content (AvgIpc) is 2.99. The molecule has 1 amide bonds. The Morgan fingerprint density at radius 3 is 1.89 bits per heavy atom. The van der Waals surface area contributed by atoms with Crippen molar-refractivity contribution in [3.63, 3.8) is 0 Å². The topological polar surface area (TPSA) is 182 Å². The third kappa shape index (κ3) is 9.17. The number of amides is 1. The van der Waals surface area contributed by atoms with Gasteiger partial charge in [-0.2, -0.15) is 13.2 Å². The van der Waals surface area contributed by atoms with E-state index in [0.29, 0.717) is 12.1 Å². The van der Waals surface area contributed by atoms with Gasteiger partial charge >= 0.3 is 36.1 Å². The number of anilines is 1. The number of halogens is 3. The number of benzene rings is 1. The number of carbonyl (C=O) groups is 5. The van der Waals surface area contributed by atoms with E-state index in [-0.39, 0.29) is 31.7 Å². The first-order chi connectivity index (χ1) is 21.8. The number of allylic oxidation sites excluding steroid dienone is 2. The number of rotatable bonds is 8. The predicted octanol–water partition coefficient (Wildman–Crippen LogP) is 2.52. The lowest BCUT2D eigenvalue weighted by Crippen LogP contribution is -2.63. The summed E-state index contributed by atoms with van der Waals surface area (Å²) >= 11 is 0. The summed E-state index contributed by atoms with van der Waals surface area (Å²) < 4.78 is 76.3. The fraction of sp³-hybridized carbons (Fsp3) is 0.552. The molecule has 3 rings (SSSR count). The molecule has 1 fully saturated rings. The first-order valence-electron chi connectivity index (χ1n) is 14.2. The van der Waals surface area contributed by atoms with Crippen LogP contribution in [0, 0.1) is 11.8 Å². The van der Waals surface area contributed by atoms with Crippen LogP contribution in [0.2, 0.25) is 0 Å². The van der Waals surface area contributed by atoms with Crippen LogP contribution in [0.4, 0.5) is 23.7 Å². The molecule has 1 aromatic carbocycles. The summed E-state index contributed by atoms with van der Waals surface area (Å²) in [4.78, 5) is 65.0. The van der Waals surface area contributed by atoms with Gasteiger partial charge < -0.3 is 38.3 Å². The van der Waals surface area contributed by atoms with Gasteiger partial charge in [-0.1, -0.05) is 12.2 Å². The molecule has 1 saturated heterocycles. The molecule has 0 bridgehead atoms. The number of aliphatic hydroxyl groups is 1. The molecule has 1 aromatic rings. The molecule has 7 atom stereocenters. The van der Waals surface area contributed by atoms with Crippen LogP contribution >= 0.6 is 0 Å². The number of ether oxygens (including phenoxy) is 7. The van der Waals surface area contributed by atoms with Crippen LogP contribution in [-0.4, -0.2) is 92.7 Å². The minimum Gasteiger partial charge on any atom is -0.465 e. The summed E-state index contributed by atoms with van der Waals surface area (Å²) in [5.41, 5.74) is -1.09. The molecular weight excluding hydrogens is 627 g/mol. The van der Waals surface area contributed by atoms with E-state index in [1.807, 2.05) is 0 Å². The third-order valence-corrected chi connectivity index (χ3v) is 6.83. The molecule has 46 heavy (non-hydrogen) atoms. The summed E-state index contributed by atoms with van der Waals surface area (Å²) in [6.45, 7) is 2.04. The van der Waals surface area contributed by atoms with Crippen molar-refractivity contribution in [1.82, 2.24) is 0 Å². The van der Waals surface area contributed by atoms with Crippen molar-refractivity contribution in [2.45, 2.75) is 63.6 Å². The van der Waals surface area contributed by atoms with E-state index in [1.165, 1.54) is 26.0 Å². The molecule has 2 aliphatic heterocycles. The number of hydrogen-bond acceptors (Lipinski definition) is 13. The van der Waals surface area contributed by atoms with Crippen LogP contribution in [0.1, 0.15) is 32.3 Å². The lowest BCUT2D eigenvalue weighted by Gasteiger charge is -2.44. The van der Waals surface area contributed by atoms with E-state index in [0.717, 1.165) is 19.2 Å². The zero-order valence-electron chi connectivity index (χ0n) is 25.0. The molecule has 0 saturated carbocycles. The third-order valence-electron chi connectivity index (χ3n) is 6.83. The summed E-state index contributed by atoms with van der Waals surface area (Å²) in [5.74, 6) is -7.28. The second kappa shape index (κ2) is 16.4. The SMILES string of the molecule is CCOC(=O)[C@H]1C/C=C/C[C@H](C(=O)OCC)C(=O)O[C@H]2[C@@H](OC)O[C@H](CO)[C@@H](OC(=O)Nc3ccc(C(F)(F)F)cc3)[C@@H]2OC1=O. The fourth-order valence-corrected chi connectivity index (χ4v) is 4.59. The number of carbonyl (C=O) groups excluding carboxylic acids is 5. The molecule has 0 spiro atoms. The average molecular weight is 662 g/mol. The number of aliphatic hydroxyl groups excluding tert-OH is 1. The van der Waals surface area contributed by atoms with Crippen molar-refractivity contribution in [1.29, 1.82) is 0 Å². The van der Waals surface area contributed by atoms with Crippen molar-refractivity contribution >= 4 is 35.7 Å². The maximum absolute atomic E-state index is 13.4. The van der Waals surface area contributed by atoms with Gasteiger partial charge in [-0.15, -0.1) is 0 Å². The minimum absolute atomic E-state index is 0.0626. The number of fused-ring (bicyclic) bond motifs is 1. The van der Waals surface area contributed by atoms with Gasteiger partial charge in [0.2, 0.25) is 0 Å². The highest BCUT2D eigenvalue weighted by molar-refractivity contribution is 5.96. The van der Waals surface area contributed by atoms with E-state index >= 15 is 0 Å². The second-order valence-corrected chi connectivity index (χ2v) is 9.89. The molecule has 0 unspecified atom stereocenters. The quantitative estimate of drug-likeness (QED) is 0.180. The Labute approximate surface area is 261 Å². The molecule has 0 aromatic heterocycles. The molecule has 254 valence electrons. The summed E-state index contributed by atoms with van der Waals surface area (Å²) in [5, 5.41) is 12.3. The largest absolute Gasteiger partial charge is 0.465 e. The minimum atomic E-state index is -4.63. The molecule has 2 heterocycles. The van der Waals surface area contributed by atoms with Crippen LogP contribution in [0.15, 0.2) is 36.4 Å². The maximum Gasteiger partial charge on any atom is 0.416 e. The molecule has 0 aliphatic carbocycles. The lowest BCUT2D eigenvalue weighted by atomic mass is 9.96. The van der Waals surface area contributed by atoms with Crippen molar-refractivity contribution < 1.29 is 75.4 Å². The molecule has 2 N–H and O–H groups in total. The highest BCUT2D eigenvalue weighted by Crippen LogP contribution is 2.32. The maximum atomic E-state index is 13.4. The van der Waals surface area contributed by atoms with Gasteiger partial charge in [-0.3, -0.25) is 24.5 Å². The van der Waals surface area contributed by atoms with Gasteiger partial charge in [0, 0.05) is 12.8 Å². The van der Waals surface area contributed by atoms with Crippen LogP contribution in [0.3, 0.4) is 0 Å². The van der Waals surface area contributed by atoms with Crippen molar-refractivity contribution in [3.05, 3.63) is 42.0 Å². The normalized spacial score (nSPS) is 27.8. The number of nitrogens with one attached hydrogen (secondary N) is 1. The van der Waals surface area contributed by atoms with Crippen LogP contribution < -0.4 is 5.32 Å². The van der Waals surface area contributed by atoms with Crippen LogP contribution in [0.5, 0.6) is 0 Å². The van der Waals surface area contributed by atoms with Gasteiger partial charge in [0.1, 0.15) is 6.10 Å². The Morgan fingerprint density at radius 1 is 0.913 bits per heavy atom. The lowest BCUT2D eigenvalue weighted by molar-refractivity contribution is -0.300. The molecule has 0 radical (unpaired) electrons. The van der Waals surface area contributed by atoms with E-state index in [4.69, 9.17) is 33.2 Å². The van der Waals surface area contributed by atoms with Gasteiger partial charge in [-0.05, 0) is 51.0 Å². The molecule has 17 heteroatoms. The Morgan fingerprint density at radius 2 is 1.43 bits per heavy atom. The number of methoxy groups -OCH3 is 1. The Kier molecular flexibility index (Phi) is 12.9. The second-order valence-electron chi connectivity index (χ2n) is 9.89. The van der Waals surface area contributed by atoms with Gasteiger partial charge in [0.15, 0.2) is 36.4 Å². The van der Waals surface area contributed by atoms with E-state index < -0.39 is 90.9 Å². The van der Waals surface area contributed by atoms with Crippen molar-refractivity contribution in [2.75, 3.05) is 32.2 Å². The van der Waals surface area contributed by atoms with Crippen molar-refractivity contribution in [3.8, 4) is 0 Å². The molecule has 14 nitrogen and oxygen atoms in total. The number of hydrogen-bond donors (Lipinski definition) is 2. The summed E-state index contributed by atoms with van der Waals surface area (Å²) in [6.07, 6.45) is -12.0. The highest BCUT2D eigenvalue weighted by Gasteiger charge is 2.54. The molecule has 2 aliphatic rings. The number of alkyl halides is 3. The monoisotopic (exact) mass is 661 g/mol. The number of esters is 4. The Bertz CT molecular complexity index is 1270. The summed E-state index contributed by atoms with van der Waals surface area (Å²) in [6, 6.07) is 3.35. The highest BCUT2D eigenvalue weighted by atomic mass is 19.4. The first kappa shape index (κ1) is 36.3. The van der Waals surface area contributed by atoms with E-state index in [2.05, 4.69) is 5.32 Å². The van der Waals surface area contributed by atoms with Crippen LogP contribution in [-0.2, 0) is 58.5 Å². The Balaban J connectivity index is 2.01. The molecular formula is C29H34F3NO13. The standard InChI is InChI=1S/C29H34F3NO13/c1-4-41-23(35)17-8-6-7-9-18(24(36)42-5-2)26(38)45-22-21(44-25(17)37)20(19(14-34)43-27(22)40-3)46-28(39)33-16-12-10-15(11-13-16)29(30,31)32/h6-7,10-13,17-22,27,34H,4-5,8-9,14H2,1-3H3,(H,33,39)/b7-6+/t17-,18-,19-,20-,21+,22-,27+/m1/s1. The van der Waals surface area contributed by atoms with Gasteiger partial charge in [0.25, 0.3) is 0 Å². The smallest absolute Gasteiger partial charge is 0.416 e. The van der Waals surface area contributed by atoms with Crippen LogP contribution in [0.25, 0.3) is 0 Å². The zero-order valence-corrected chi connectivity index (χ0v) is 25.0. The summed E-state index contributed by atoms with van der Waals surface area (Å²) in [7, 11) is 1.13. The fourth-order valence-electron chi connectivity index (χ4n) is 4.59. The van der Waals surface area contributed by atoms with E-state index in [1.54, 1.807) is 0 Å².